The molecule has 58 heavy (non-hydrogen) atoms. The molecular formula is C39H77N3O16. The maximum atomic E-state index is 11.5. The molecule has 344 valence electrons. The first-order valence-corrected chi connectivity index (χ1v) is 20.3. The molecule has 0 aromatic carbocycles. The van der Waals surface area contributed by atoms with E-state index in [2.05, 4.69) is 16.9 Å². The molecule has 0 aliphatic heterocycles. The molecule has 0 rings (SSSR count). The van der Waals surface area contributed by atoms with Crippen molar-refractivity contribution in [3.8, 4) is 0 Å². The van der Waals surface area contributed by atoms with Gasteiger partial charge in [-0.25, -0.2) is 0 Å². The third kappa shape index (κ3) is 55.9. The van der Waals surface area contributed by atoms with Crippen molar-refractivity contribution in [2.75, 3.05) is 165 Å². The summed E-state index contributed by atoms with van der Waals surface area (Å²) < 4.78 is 74.5. The second kappa shape index (κ2) is 44.3. The summed E-state index contributed by atoms with van der Waals surface area (Å²) in [6.45, 7) is 25.2. The van der Waals surface area contributed by atoms with Crippen molar-refractivity contribution >= 4 is 11.9 Å². The Morgan fingerprint density at radius 2 is 0.621 bits per heavy atom. The van der Waals surface area contributed by atoms with E-state index < -0.39 is 11.2 Å². The molecule has 19 heteroatoms. The van der Waals surface area contributed by atoms with Crippen LogP contribution in [0, 0.1) is 0 Å². The van der Waals surface area contributed by atoms with Gasteiger partial charge in [-0.2, -0.15) is 0 Å². The minimum absolute atomic E-state index is 0.234. The monoisotopic (exact) mass is 844 g/mol. The summed E-state index contributed by atoms with van der Waals surface area (Å²) in [4.78, 5) is 25.6. The van der Waals surface area contributed by atoms with E-state index in [1.165, 1.54) is 0 Å². The molecular weight excluding hydrogens is 766 g/mol. The number of nitrogens with zero attached hydrogens (tertiary/aromatic N) is 3. The lowest BCUT2D eigenvalue weighted by atomic mass is 10.2. The predicted molar refractivity (Wildman–Crippen MR) is 215 cm³/mol. The Kier molecular flexibility index (Phi) is 44.2. The van der Waals surface area contributed by atoms with Crippen LogP contribution in [0.5, 0.6) is 0 Å². The van der Waals surface area contributed by atoms with E-state index in [0.29, 0.717) is 159 Å². The largest absolute Gasteiger partial charge is 0.460 e. The Bertz CT molecular complexity index is 947. The maximum Gasteiger partial charge on any atom is 0.308 e. The highest BCUT2D eigenvalue weighted by Gasteiger charge is 2.16. The van der Waals surface area contributed by atoms with Gasteiger partial charge >= 0.3 is 11.9 Å². The van der Waals surface area contributed by atoms with Crippen molar-refractivity contribution in [1.29, 1.82) is 0 Å². The molecule has 0 radical (unpaired) electrons. The van der Waals surface area contributed by atoms with Gasteiger partial charge in [-0.3, -0.25) is 9.59 Å². The molecule has 19 nitrogen and oxygen atoms in total. The van der Waals surface area contributed by atoms with E-state index >= 15 is 0 Å². The number of carbonyl (C=O) groups excluding carboxylic acids is 2. The highest BCUT2D eigenvalue weighted by atomic mass is 16.6. The van der Waals surface area contributed by atoms with Crippen molar-refractivity contribution in [3.63, 3.8) is 0 Å². The Labute approximate surface area is 347 Å². The van der Waals surface area contributed by atoms with Crippen LogP contribution in [0.2, 0.25) is 0 Å². The number of carbonyl (C=O) groups is 2. The van der Waals surface area contributed by atoms with Gasteiger partial charge in [-0.05, 0) is 53.5 Å². The van der Waals surface area contributed by atoms with E-state index in [1.54, 1.807) is 0 Å². The van der Waals surface area contributed by atoms with Gasteiger partial charge in [0, 0.05) is 18.1 Å². The summed E-state index contributed by atoms with van der Waals surface area (Å²) in [6, 6.07) is 0. The average molecular weight is 844 g/mol. The summed E-state index contributed by atoms with van der Waals surface area (Å²) in [5, 5.41) is 3.36. The number of rotatable bonds is 41. The van der Waals surface area contributed by atoms with E-state index in [0.717, 1.165) is 13.0 Å². The maximum absolute atomic E-state index is 11.5. The number of esters is 2. The van der Waals surface area contributed by atoms with Crippen LogP contribution in [0.25, 0.3) is 10.4 Å². The SMILES string of the molecule is CC(C)(C)OC(=O)CCOCCOCCOCCOCCOCCOCCN=[N+]=[N-].CCCOCCOCCOCCOCCOCCOCCC(=O)OC(C)(C)C. The van der Waals surface area contributed by atoms with Crippen molar-refractivity contribution < 1.29 is 75.9 Å². The fraction of sp³-hybridized carbons (Fsp3) is 0.949. The summed E-state index contributed by atoms with van der Waals surface area (Å²) in [5.74, 6) is -0.518. The third-order valence-corrected chi connectivity index (χ3v) is 6.21. The zero-order chi connectivity index (χ0) is 43.3. The van der Waals surface area contributed by atoms with Crippen molar-refractivity contribution in [1.82, 2.24) is 0 Å². The number of hydrogen-bond acceptors (Lipinski definition) is 17. The van der Waals surface area contributed by atoms with Gasteiger partial charge in [0.15, 0.2) is 0 Å². The average Bonchev–Trinajstić information content (AvgIpc) is 3.15. The Balaban J connectivity index is 0. The number of azide groups is 1. The first kappa shape index (κ1) is 57.9. The molecule has 0 amide bonds. The molecule has 0 aliphatic carbocycles. The highest BCUT2D eigenvalue weighted by molar-refractivity contribution is 5.70. The molecule has 0 spiro atoms. The smallest absolute Gasteiger partial charge is 0.308 e. The van der Waals surface area contributed by atoms with Crippen LogP contribution >= 0.6 is 0 Å². The Morgan fingerprint density at radius 3 is 0.845 bits per heavy atom. The fourth-order valence-corrected chi connectivity index (χ4v) is 3.79. The normalized spacial score (nSPS) is 11.5. The van der Waals surface area contributed by atoms with Crippen molar-refractivity contribution in [3.05, 3.63) is 10.4 Å². The lowest BCUT2D eigenvalue weighted by Gasteiger charge is -2.19. The summed E-state index contributed by atoms with van der Waals surface area (Å²) >= 11 is 0. The molecule has 0 saturated heterocycles. The van der Waals surface area contributed by atoms with Gasteiger partial charge in [0.05, 0.1) is 165 Å². The van der Waals surface area contributed by atoms with Crippen molar-refractivity contribution in [2.24, 2.45) is 5.11 Å². The molecule has 0 fully saturated rings. The number of ether oxygens (including phenoxy) is 14. The molecule has 0 atom stereocenters. The third-order valence-electron chi connectivity index (χ3n) is 6.21. The summed E-state index contributed by atoms with van der Waals surface area (Å²) in [7, 11) is 0. The first-order valence-electron chi connectivity index (χ1n) is 20.3. The highest BCUT2D eigenvalue weighted by Crippen LogP contribution is 2.09. The lowest BCUT2D eigenvalue weighted by molar-refractivity contribution is -0.157. The zero-order valence-electron chi connectivity index (χ0n) is 36.7. The molecule has 0 heterocycles. The van der Waals surface area contributed by atoms with Crippen LogP contribution in [-0.2, 0) is 75.9 Å². The van der Waals surface area contributed by atoms with Gasteiger partial charge in [-0.15, -0.1) is 0 Å². The van der Waals surface area contributed by atoms with Crippen molar-refractivity contribution in [2.45, 2.75) is 78.9 Å². The molecule has 0 bridgehead atoms. The quantitative estimate of drug-likeness (QED) is 0.0275. The summed E-state index contributed by atoms with van der Waals surface area (Å²) in [6.07, 6.45) is 1.51. The second-order valence-electron chi connectivity index (χ2n) is 14.0. The first-order chi connectivity index (χ1) is 27.9. The Morgan fingerprint density at radius 1 is 0.397 bits per heavy atom. The van der Waals surface area contributed by atoms with Gasteiger partial charge in [-0.1, -0.05) is 12.0 Å². The van der Waals surface area contributed by atoms with Crippen LogP contribution in [0.4, 0.5) is 0 Å². The minimum atomic E-state index is -0.468. The van der Waals surface area contributed by atoms with Gasteiger partial charge in [0.2, 0.25) is 0 Å². The fourth-order valence-electron chi connectivity index (χ4n) is 3.79. The predicted octanol–water partition coefficient (Wildman–Crippen LogP) is 4.36. The van der Waals surface area contributed by atoms with Gasteiger partial charge in [0.1, 0.15) is 11.2 Å². The summed E-state index contributed by atoms with van der Waals surface area (Å²) in [5.41, 5.74) is 7.17. The van der Waals surface area contributed by atoms with E-state index in [1.807, 2.05) is 41.5 Å². The zero-order valence-corrected chi connectivity index (χ0v) is 36.7. The van der Waals surface area contributed by atoms with Gasteiger partial charge < -0.3 is 66.3 Å². The Hall–Kier alpha value is -2.23. The van der Waals surface area contributed by atoms with E-state index in [4.69, 9.17) is 71.8 Å². The number of hydrogen-bond donors (Lipinski definition) is 0. The van der Waals surface area contributed by atoms with E-state index in [9.17, 15) is 9.59 Å². The molecule has 0 aromatic heterocycles. The lowest BCUT2D eigenvalue weighted by Crippen LogP contribution is -2.24. The molecule has 0 unspecified atom stereocenters. The van der Waals surface area contributed by atoms with Crippen LogP contribution in [-0.4, -0.2) is 188 Å². The molecule has 0 N–H and O–H groups in total. The topological polar surface area (TPSA) is 212 Å². The molecule has 0 aromatic rings. The van der Waals surface area contributed by atoms with Crippen LogP contribution in [0.1, 0.15) is 67.7 Å². The molecule has 0 saturated carbocycles. The standard InChI is InChI=1S/C20H40O8.C19H37N3O8/c1-5-7-22-9-11-24-13-15-26-17-18-27-16-14-25-12-10-23-8-6-19(21)28-20(2,3)4;1-19(2,3)30-18(23)4-6-24-8-10-26-12-14-28-16-17-29-15-13-27-11-9-25-7-5-21-22-20/h5-18H2,1-4H3;4-17H2,1-3H3. The van der Waals surface area contributed by atoms with Crippen LogP contribution in [0.3, 0.4) is 0 Å². The van der Waals surface area contributed by atoms with E-state index in [-0.39, 0.29) is 24.8 Å². The van der Waals surface area contributed by atoms with Gasteiger partial charge in [0.25, 0.3) is 0 Å². The second-order valence-corrected chi connectivity index (χ2v) is 14.0. The molecule has 0 aliphatic rings. The minimum Gasteiger partial charge on any atom is -0.460 e. The van der Waals surface area contributed by atoms with Crippen LogP contribution < -0.4 is 0 Å². The van der Waals surface area contributed by atoms with Crippen LogP contribution in [0.15, 0.2) is 5.11 Å².